The number of methoxy groups -OCH3 is 2. The van der Waals surface area contributed by atoms with Crippen molar-refractivity contribution in [3.8, 4) is 11.5 Å². The number of nitrogens with one attached hydrogen (secondary N) is 1. The molecule has 4 aliphatic rings. The predicted octanol–water partition coefficient (Wildman–Crippen LogP) is 3.73. The lowest BCUT2D eigenvalue weighted by Gasteiger charge is -2.34. The minimum Gasteiger partial charge on any atom is -0.493 e. The highest BCUT2D eigenvalue weighted by Crippen LogP contribution is 2.36. The van der Waals surface area contributed by atoms with Crippen molar-refractivity contribution in [2.45, 2.75) is 77.0 Å². The van der Waals surface area contributed by atoms with Crippen molar-refractivity contribution in [1.29, 1.82) is 0 Å². The molecule has 0 spiro atoms. The van der Waals surface area contributed by atoms with Gasteiger partial charge in [-0.05, 0) is 76.0 Å². The van der Waals surface area contributed by atoms with Crippen LogP contribution in [-0.2, 0) is 14.4 Å². The summed E-state index contributed by atoms with van der Waals surface area (Å²) in [6.07, 6.45) is 7.14. The first-order valence-electron chi connectivity index (χ1n) is 15.8. The molecular weight excluding hydrogens is 536 g/mol. The summed E-state index contributed by atoms with van der Waals surface area (Å²) in [6.45, 7) is 8.13. The average Bonchev–Trinajstić information content (AvgIpc) is 3.59. The first-order chi connectivity index (χ1) is 20.4. The zero-order chi connectivity index (χ0) is 29.6. The third-order valence-electron chi connectivity index (χ3n) is 9.20. The Hall–Kier alpha value is -2.85. The van der Waals surface area contributed by atoms with Crippen molar-refractivity contribution in [1.82, 2.24) is 15.1 Å². The Labute approximate surface area is 250 Å². The van der Waals surface area contributed by atoms with E-state index in [2.05, 4.69) is 29.2 Å². The second-order valence-corrected chi connectivity index (χ2v) is 12.5. The normalized spacial score (nSPS) is 25.0. The monoisotopic (exact) mass is 584 g/mol. The van der Waals surface area contributed by atoms with Crippen LogP contribution in [0.1, 0.15) is 69.2 Å². The van der Waals surface area contributed by atoms with Crippen LogP contribution in [0.5, 0.6) is 11.5 Å². The lowest BCUT2D eigenvalue weighted by atomic mass is 9.83. The van der Waals surface area contributed by atoms with Crippen molar-refractivity contribution < 1.29 is 28.6 Å². The quantitative estimate of drug-likeness (QED) is 0.333. The van der Waals surface area contributed by atoms with Crippen molar-refractivity contribution in [2.24, 2.45) is 22.9 Å². The van der Waals surface area contributed by atoms with Crippen molar-refractivity contribution in [2.75, 3.05) is 53.6 Å². The molecule has 1 saturated heterocycles. The molecule has 10 heteroatoms. The molecule has 2 unspecified atom stereocenters. The summed E-state index contributed by atoms with van der Waals surface area (Å²) < 4.78 is 16.5. The van der Waals surface area contributed by atoms with E-state index in [9.17, 15) is 9.59 Å². The molecule has 2 amide bonds. The van der Waals surface area contributed by atoms with Gasteiger partial charge >= 0.3 is 0 Å². The minimum atomic E-state index is -0.0315. The second kappa shape index (κ2) is 14.1. The minimum absolute atomic E-state index is 0.0151. The van der Waals surface area contributed by atoms with Gasteiger partial charge in [0.05, 0.1) is 13.7 Å². The van der Waals surface area contributed by atoms with Crippen LogP contribution < -0.4 is 14.8 Å². The summed E-state index contributed by atoms with van der Waals surface area (Å²) in [5, 5.41) is 7.86. The van der Waals surface area contributed by atoms with Gasteiger partial charge in [0.1, 0.15) is 6.10 Å². The molecule has 1 N–H and O–H groups in total. The number of rotatable bonds is 14. The van der Waals surface area contributed by atoms with Crippen molar-refractivity contribution >= 4 is 17.5 Å². The van der Waals surface area contributed by atoms with E-state index >= 15 is 0 Å². The SMILES string of the molecule is COCCCOc1cc(C(=O)N(C[C@@H]2CNC[C@H]2CN(C(=O)C2=NOC3CCCCC23)C2CC2)C(C)C)ccc1OC. The molecule has 0 radical (unpaired) electrons. The summed E-state index contributed by atoms with van der Waals surface area (Å²) in [5.74, 6) is 1.81. The summed E-state index contributed by atoms with van der Waals surface area (Å²) in [6, 6.07) is 5.68. The highest BCUT2D eigenvalue weighted by atomic mass is 16.6. The van der Waals surface area contributed by atoms with E-state index < -0.39 is 0 Å². The number of fused-ring (bicyclic) bond motifs is 1. The highest BCUT2D eigenvalue weighted by Gasteiger charge is 2.45. The Morgan fingerprint density at radius 3 is 2.48 bits per heavy atom. The van der Waals surface area contributed by atoms with Crippen LogP contribution in [0, 0.1) is 17.8 Å². The lowest BCUT2D eigenvalue weighted by Crippen LogP contribution is -2.47. The molecule has 3 fully saturated rings. The zero-order valence-electron chi connectivity index (χ0n) is 25.7. The number of carbonyl (C=O) groups excluding carboxylic acids is 2. The fraction of sp³-hybridized carbons (Fsp3) is 0.719. The third-order valence-corrected chi connectivity index (χ3v) is 9.20. The van der Waals surface area contributed by atoms with Gasteiger partial charge in [0.2, 0.25) is 0 Å². The molecule has 2 aliphatic carbocycles. The van der Waals surface area contributed by atoms with Crippen LogP contribution in [-0.4, -0.2) is 99.1 Å². The van der Waals surface area contributed by atoms with E-state index in [1.807, 2.05) is 4.90 Å². The van der Waals surface area contributed by atoms with Gasteiger partial charge < -0.3 is 34.2 Å². The number of oxime groups is 1. The number of benzene rings is 1. The van der Waals surface area contributed by atoms with E-state index in [0.717, 1.165) is 58.0 Å². The fourth-order valence-electron chi connectivity index (χ4n) is 6.58. The molecule has 1 aromatic rings. The Morgan fingerprint density at radius 2 is 1.76 bits per heavy atom. The number of carbonyl (C=O) groups is 2. The predicted molar refractivity (Wildman–Crippen MR) is 160 cm³/mol. The maximum absolute atomic E-state index is 13.9. The van der Waals surface area contributed by atoms with Crippen LogP contribution >= 0.6 is 0 Å². The maximum Gasteiger partial charge on any atom is 0.272 e. The highest BCUT2D eigenvalue weighted by molar-refractivity contribution is 6.40. The lowest BCUT2D eigenvalue weighted by molar-refractivity contribution is -0.125. The molecule has 0 aromatic heterocycles. The molecular formula is C32H48N4O6. The molecule has 0 bridgehead atoms. The third kappa shape index (κ3) is 7.02. The molecule has 5 rings (SSSR count). The van der Waals surface area contributed by atoms with E-state index in [1.54, 1.807) is 32.4 Å². The van der Waals surface area contributed by atoms with Crippen molar-refractivity contribution in [3.05, 3.63) is 23.8 Å². The summed E-state index contributed by atoms with van der Waals surface area (Å²) in [5.41, 5.74) is 1.21. The van der Waals surface area contributed by atoms with Crippen LogP contribution in [0.4, 0.5) is 0 Å². The summed E-state index contributed by atoms with van der Waals surface area (Å²) in [4.78, 5) is 37.4. The van der Waals surface area contributed by atoms with Crippen LogP contribution in [0.15, 0.2) is 23.4 Å². The average molecular weight is 585 g/mol. The van der Waals surface area contributed by atoms with E-state index in [0.29, 0.717) is 49.1 Å². The topological polar surface area (TPSA) is 102 Å². The van der Waals surface area contributed by atoms with Gasteiger partial charge in [-0.1, -0.05) is 11.6 Å². The van der Waals surface area contributed by atoms with E-state index in [1.165, 1.54) is 0 Å². The number of hydrogen-bond acceptors (Lipinski definition) is 8. The Bertz CT molecular complexity index is 1120. The zero-order valence-corrected chi connectivity index (χ0v) is 25.7. The molecule has 2 saturated carbocycles. The molecule has 2 heterocycles. The Morgan fingerprint density at radius 1 is 1.00 bits per heavy atom. The number of hydrogen-bond donors (Lipinski definition) is 1. The smallest absolute Gasteiger partial charge is 0.272 e. The number of ether oxygens (including phenoxy) is 3. The van der Waals surface area contributed by atoms with Crippen LogP contribution in [0.25, 0.3) is 0 Å². The van der Waals surface area contributed by atoms with Gasteiger partial charge in [-0.3, -0.25) is 9.59 Å². The standard InChI is InChI=1S/C32H48N4O6/c1-21(2)35(31(37)22-10-13-28(40-4)29(16-22)41-15-7-14-39-3)19-23-17-33-18-24(23)20-36(25-11-12-25)32(38)30-26-8-5-6-9-27(26)42-34-30/h10,13,16,21,23-27,33H,5-9,11-12,14-15,17-20H2,1-4H3/t23-,24-,26?,27?/m0/s1. The number of nitrogens with zero attached hydrogens (tertiary/aromatic N) is 3. The van der Waals surface area contributed by atoms with E-state index in [-0.39, 0.29) is 47.8 Å². The second-order valence-electron chi connectivity index (χ2n) is 12.5. The summed E-state index contributed by atoms with van der Waals surface area (Å²) in [7, 11) is 3.26. The Balaban J connectivity index is 1.26. The molecule has 2 aliphatic heterocycles. The fourth-order valence-corrected chi connectivity index (χ4v) is 6.58. The first kappa shape index (κ1) is 30.6. The van der Waals surface area contributed by atoms with Crippen molar-refractivity contribution in [3.63, 3.8) is 0 Å². The van der Waals surface area contributed by atoms with Gasteiger partial charge in [-0.25, -0.2) is 0 Å². The molecule has 4 atom stereocenters. The molecule has 232 valence electrons. The Kier molecular flexibility index (Phi) is 10.3. The van der Waals surface area contributed by atoms with Gasteiger partial charge in [0, 0.05) is 69.9 Å². The van der Waals surface area contributed by atoms with E-state index in [4.69, 9.17) is 19.0 Å². The van der Waals surface area contributed by atoms with Crippen LogP contribution in [0.2, 0.25) is 0 Å². The maximum atomic E-state index is 13.9. The molecule has 42 heavy (non-hydrogen) atoms. The van der Waals surface area contributed by atoms with Gasteiger partial charge in [0.25, 0.3) is 11.8 Å². The van der Waals surface area contributed by atoms with Gasteiger partial charge in [-0.2, -0.15) is 0 Å². The summed E-state index contributed by atoms with van der Waals surface area (Å²) >= 11 is 0. The van der Waals surface area contributed by atoms with Gasteiger partial charge in [-0.15, -0.1) is 0 Å². The van der Waals surface area contributed by atoms with Crippen LogP contribution in [0.3, 0.4) is 0 Å². The first-order valence-corrected chi connectivity index (χ1v) is 15.8. The molecule has 10 nitrogen and oxygen atoms in total. The molecule has 1 aromatic carbocycles. The van der Waals surface area contributed by atoms with Gasteiger partial charge in [0.15, 0.2) is 17.2 Å². The number of amides is 2. The largest absolute Gasteiger partial charge is 0.493 e.